The maximum atomic E-state index is 2.76. The van der Waals surface area contributed by atoms with E-state index < -0.39 is 0 Å². The summed E-state index contributed by atoms with van der Waals surface area (Å²) in [4.78, 5) is 8.05. The monoisotopic (exact) mass is 1090 g/mol. The summed E-state index contributed by atoms with van der Waals surface area (Å²) in [6.45, 7) is 43.9. The summed E-state index contributed by atoms with van der Waals surface area (Å²) in [5.74, 6) is 0. The highest BCUT2D eigenvalue weighted by molar-refractivity contribution is 7.33. The van der Waals surface area contributed by atoms with E-state index in [4.69, 9.17) is 0 Å². The maximum absolute atomic E-state index is 2.76. The van der Waals surface area contributed by atoms with E-state index >= 15 is 0 Å². The van der Waals surface area contributed by atoms with Gasteiger partial charge in [-0.1, -0.05) is 179 Å². The third kappa shape index (κ3) is 8.53. The molecule has 0 spiro atoms. The van der Waals surface area contributed by atoms with Crippen LogP contribution >= 0.6 is 11.3 Å². The van der Waals surface area contributed by atoms with Crippen LogP contribution < -0.4 is 30.4 Å². The molecule has 5 aliphatic rings. The number of nitrogens with zero attached hydrogens (tertiary/aromatic N) is 3. The molecule has 416 valence electrons. The molecule has 3 nitrogen and oxygen atoms in total. The van der Waals surface area contributed by atoms with Crippen LogP contribution in [0.4, 0.5) is 51.2 Å². The van der Waals surface area contributed by atoms with Gasteiger partial charge in [-0.05, 0) is 216 Å². The summed E-state index contributed by atoms with van der Waals surface area (Å²) in [5.41, 5.74) is 25.8. The lowest BCUT2D eigenvalue weighted by molar-refractivity contribution is 0.332. The number of thiophene rings is 1. The number of hydrogen-bond acceptors (Lipinski definition) is 4. The Labute approximate surface area is 491 Å². The first kappa shape index (κ1) is 54.2. The second-order valence-electron chi connectivity index (χ2n) is 31.5. The van der Waals surface area contributed by atoms with Gasteiger partial charge in [-0.15, -0.1) is 11.3 Å². The topological polar surface area (TPSA) is 9.72 Å². The molecule has 13 rings (SSSR count). The van der Waals surface area contributed by atoms with E-state index in [1.165, 1.54) is 117 Å². The van der Waals surface area contributed by atoms with E-state index in [1.54, 1.807) is 0 Å². The zero-order chi connectivity index (χ0) is 57.5. The van der Waals surface area contributed by atoms with Gasteiger partial charge in [0, 0.05) is 54.7 Å². The van der Waals surface area contributed by atoms with E-state index in [9.17, 15) is 0 Å². The fourth-order valence-electron chi connectivity index (χ4n) is 15.2. The zero-order valence-corrected chi connectivity index (χ0v) is 53.1. The van der Waals surface area contributed by atoms with Gasteiger partial charge in [0.1, 0.15) is 0 Å². The molecule has 0 unspecified atom stereocenters. The molecule has 0 atom stereocenters. The van der Waals surface area contributed by atoms with Gasteiger partial charge in [0.2, 0.25) is 0 Å². The van der Waals surface area contributed by atoms with Crippen molar-refractivity contribution in [2.75, 3.05) is 14.7 Å². The van der Waals surface area contributed by atoms with Gasteiger partial charge < -0.3 is 14.7 Å². The fourth-order valence-corrected chi connectivity index (χ4v) is 16.5. The van der Waals surface area contributed by atoms with Gasteiger partial charge >= 0.3 is 0 Å². The molecule has 3 heterocycles. The maximum Gasteiger partial charge on any atom is 0.264 e. The van der Waals surface area contributed by atoms with Crippen LogP contribution in [0.5, 0.6) is 0 Å². The first-order valence-electron chi connectivity index (χ1n) is 30.7. The molecule has 0 radical (unpaired) electrons. The molecular formula is C76H88BN3S. The van der Waals surface area contributed by atoms with E-state index in [2.05, 4.69) is 273 Å². The molecule has 2 aliphatic heterocycles. The van der Waals surface area contributed by atoms with E-state index in [0.717, 1.165) is 42.7 Å². The largest absolute Gasteiger partial charge is 0.311 e. The van der Waals surface area contributed by atoms with Crippen LogP contribution in [0, 0.1) is 0 Å². The third-order valence-corrected chi connectivity index (χ3v) is 22.2. The number of anilines is 9. The van der Waals surface area contributed by atoms with Crippen LogP contribution in [0.2, 0.25) is 0 Å². The van der Waals surface area contributed by atoms with Gasteiger partial charge in [0.05, 0.1) is 11.4 Å². The highest BCUT2D eigenvalue weighted by Crippen LogP contribution is 2.56. The van der Waals surface area contributed by atoms with Crippen molar-refractivity contribution in [2.24, 2.45) is 0 Å². The van der Waals surface area contributed by atoms with Gasteiger partial charge in [-0.25, -0.2) is 0 Å². The van der Waals surface area contributed by atoms with Crippen molar-refractivity contribution in [3.8, 4) is 0 Å². The number of rotatable bonds is 5. The molecule has 1 aromatic heterocycles. The minimum Gasteiger partial charge on any atom is -0.311 e. The first-order valence-corrected chi connectivity index (χ1v) is 31.5. The van der Waals surface area contributed by atoms with Crippen molar-refractivity contribution in [1.82, 2.24) is 0 Å². The van der Waals surface area contributed by atoms with Crippen molar-refractivity contribution in [3.63, 3.8) is 0 Å². The van der Waals surface area contributed by atoms with Crippen LogP contribution in [-0.4, -0.2) is 6.71 Å². The Hall–Kier alpha value is -6.04. The van der Waals surface area contributed by atoms with Crippen LogP contribution in [0.25, 0.3) is 10.1 Å². The Kier molecular flexibility index (Phi) is 11.9. The first-order chi connectivity index (χ1) is 37.9. The smallest absolute Gasteiger partial charge is 0.264 e. The Balaban J connectivity index is 1.21. The average molecular weight is 1090 g/mol. The number of fused-ring (bicyclic) bond motifs is 9. The quantitative estimate of drug-likeness (QED) is 0.159. The lowest BCUT2D eigenvalue weighted by atomic mass is 9.35. The van der Waals surface area contributed by atoms with E-state index in [1.807, 2.05) is 11.3 Å². The van der Waals surface area contributed by atoms with Crippen molar-refractivity contribution >= 4 is 95.0 Å². The van der Waals surface area contributed by atoms with E-state index in [-0.39, 0.29) is 50.0 Å². The lowest BCUT2D eigenvalue weighted by Crippen LogP contribution is -2.61. The molecule has 0 saturated heterocycles. The highest BCUT2D eigenvalue weighted by Gasteiger charge is 2.50. The summed E-state index contributed by atoms with van der Waals surface area (Å²) < 4.78 is 2.79. The molecule has 0 N–H and O–H groups in total. The Morgan fingerprint density at radius 1 is 0.407 bits per heavy atom. The van der Waals surface area contributed by atoms with Gasteiger partial charge in [0.25, 0.3) is 6.71 Å². The van der Waals surface area contributed by atoms with Crippen LogP contribution in [0.15, 0.2) is 133 Å². The Bertz CT molecular complexity index is 3870. The minimum absolute atomic E-state index is 0.00825. The Morgan fingerprint density at radius 3 is 1.37 bits per heavy atom. The van der Waals surface area contributed by atoms with Crippen LogP contribution in [-0.2, 0) is 43.3 Å². The summed E-state index contributed by atoms with van der Waals surface area (Å²) in [6, 6.07) is 53.9. The van der Waals surface area contributed by atoms with Crippen molar-refractivity contribution in [2.45, 2.75) is 206 Å². The minimum atomic E-state index is -0.0328. The normalized spacial score (nSPS) is 19.5. The summed E-state index contributed by atoms with van der Waals surface area (Å²) in [6.07, 6.45) is 6.99. The molecule has 0 bridgehead atoms. The second kappa shape index (κ2) is 17.7. The SMILES string of the molecule is CC(C)(C)c1ccc(N(c2ccccc2)c2cc3c4c(c2)N(c2ccc5c(c2)C(C)(C)CCC5(C)C)c2c(sc5ccc(C(C)(C)C)cc25)B4c2cc4c(cc2N3c2ccc3c(c2)C(C)(C)CCC3(C)C)C(C)(C)CCC4(C)C)cc1. The molecule has 0 fully saturated rings. The average Bonchev–Trinajstić information content (AvgIpc) is 2.16. The van der Waals surface area contributed by atoms with E-state index in [0.29, 0.717) is 0 Å². The van der Waals surface area contributed by atoms with Crippen molar-refractivity contribution < 1.29 is 0 Å². The number of benzene rings is 7. The number of para-hydroxylation sites is 1. The van der Waals surface area contributed by atoms with Gasteiger partial charge in [-0.3, -0.25) is 0 Å². The second-order valence-corrected chi connectivity index (χ2v) is 32.5. The predicted molar refractivity (Wildman–Crippen MR) is 354 cm³/mol. The molecule has 8 aromatic rings. The van der Waals surface area contributed by atoms with Gasteiger partial charge in [-0.2, -0.15) is 0 Å². The standard InChI is InChI=1S/C76H88BN3S/c1-69(2,3)47-24-27-50(28-25-47)78(49-22-20-19-21-23-49)53-43-63-66-64(44-53)80(52-30-32-56-58(42-52)74(13,14)37-35-72(56,9)10)67-54-40-48(70(4,5)6)26-33-65(54)81-68(67)77(66)61-45-59-60(76(17,18)39-38-75(59,15)16)46-62(61)79(63)51-29-31-55-57(41-51)73(11,12)36-34-71(55,7)8/h19-33,40-46H,34-39H2,1-18H3. The number of hydrogen-bond donors (Lipinski definition) is 0. The third-order valence-electron chi connectivity index (χ3n) is 20.9. The molecule has 0 amide bonds. The van der Waals surface area contributed by atoms with Gasteiger partial charge in [0.15, 0.2) is 0 Å². The summed E-state index contributed by atoms with van der Waals surface area (Å²) in [7, 11) is 0. The molecule has 0 saturated carbocycles. The molecule has 5 heteroatoms. The van der Waals surface area contributed by atoms with Crippen LogP contribution in [0.3, 0.4) is 0 Å². The zero-order valence-electron chi connectivity index (χ0n) is 52.3. The molecule has 81 heavy (non-hydrogen) atoms. The van der Waals surface area contributed by atoms with Crippen LogP contribution in [0.1, 0.15) is 208 Å². The molecule has 3 aliphatic carbocycles. The highest BCUT2D eigenvalue weighted by atomic mass is 32.1. The molecule has 7 aromatic carbocycles. The predicted octanol–water partition coefficient (Wildman–Crippen LogP) is 20.1. The summed E-state index contributed by atoms with van der Waals surface area (Å²) >= 11 is 2.04. The lowest BCUT2D eigenvalue weighted by Gasteiger charge is -2.48. The summed E-state index contributed by atoms with van der Waals surface area (Å²) in [5, 5.41) is 1.35. The van der Waals surface area contributed by atoms with Crippen molar-refractivity contribution in [3.05, 3.63) is 178 Å². The molecular weight excluding hydrogens is 998 g/mol. The Morgan fingerprint density at radius 2 is 0.852 bits per heavy atom. The van der Waals surface area contributed by atoms with Crippen molar-refractivity contribution in [1.29, 1.82) is 0 Å². The fraction of sp³-hybridized carbons (Fsp3) is 0.421.